The van der Waals surface area contributed by atoms with E-state index in [-0.39, 0.29) is 5.57 Å². The first-order valence-corrected chi connectivity index (χ1v) is 9.09. The van der Waals surface area contributed by atoms with E-state index in [1.54, 1.807) is 12.1 Å². The van der Waals surface area contributed by atoms with Crippen molar-refractivity contribution in [2.75, 3.05) is 6.61 Å². The summed E-state index contributed by atoms with van der Waals surface area (Å²) in [5.74, 6) is 0.423. The Kier molecular flexibility index (Phi) is 7.04. The molecule has 2 aromatic carbocycles. The van der Waals surface area contributed by atoms with Crippen LogP contribution in [0.1, 0.15) is 23.6 Å². The van der Waals surface area contributed by atoms with Crippen LogP contribution >= 0.6 is 22.6 Å². The topological polar surface area (TPSA) is 85.3 Å². The lowest BCUT2D eigenvalue weighted by molar-refractivity contribution is -0.114. The number of primary amides is 1. The number of nitriles is 1. The Morgan fingerprint density at radius 3 is 2.65 bits per heavy atom. The molecule has 0 unspecified atom stereocenters. The summed E-state index contributed by atoms with van der Waals surface area (Å²) in [7, 11) is 0. The molecule has 1 amide bonds. The minimum atomic E-state index is -0.764. The molecule has 0 heterocycles. The highest BCUT2D eigenvalue weighted by molar-refractivity contribution is 14.1. The van der Waals surface area contributed by atoms with Gasteiger partial charge in [0.1, 0.15) is 18.2 Å². The molecule has 0 spiro atoms. The molecular formula is C20H19IN2O3. The van der Waals surface area contributed by atoms with Crippen LogP contribution in [-0.2, 0) is 11.4 Å². The van der Waals surface area contributed by atoms with E-state index in [0.29, 0.717) is 30.3 Å². The van der Waals surface area contributed by atoms with Gasteiger partial charge in [0, 0.05) is 0 Å². The summed E-state index contributed by atoms with van der Waals surface area (Å²) in [5, 5.41) is 9.01. The van der Waals surface area contributed by atoms with E-state index in [1.165, 1.54) is 6.08 Å². The Balaban J connectivity index is 2.36. The van der Waals surface area contributed by atoms with Gasteiger partial charge in [-0.3, -0.25) is 4.79 Å². The molecule has 0 aromatic heterocycles. The first-order chi connectivity index (χ1) is 12.5. The van der Waals surface area contributed by atoms with Crippen molar-refractivity contribution < 1.29 is 14.3 Å². The van der Waals surface area contributed by atoms with Gasteiger partial charge in [0.2, 0.25) is 0 Å². The number of ether oxygens (including phenoxy) is 2. The highest BCUT2D eigenvalue weighted by Crippen LogP contribution is 2.35. The van der Waals surface area contributed by atoms with Crippen LogP contribution in [0.5, 0.6) is 11.5 Å². The van der Waals surface area contributed by atoms with Crippen LogP contribution in [-0.4, -0.2) is 12.5 Å². The van der Waals surface area contributed by atoms with Crippen molar-refractivity contribution in [2.24, 2.45) is 5.73 Å². The SMILES string of the molecule is CCOc1cc(C=C(C#N)C(N)=O)cc(I)c1OCc1ccccc1C. The van der Waals surface area contributed by atoms with Crippen molar-refractivity contribution in [2.45, 2.75) is 20.5 Å². The van der Waals surface area contributed by atoms with Crippen LogP contribution in [0.2, 0.25) is 0 Å². The Hall–Kier alpha value is -2.53. The molecule has 0 radical (unpaired) electrons. The first kappa shape index (κ1) is 19.8. The van der Waals surface area contributed by atoms with Gasteiger partial charge in [0.05, 0.1) is 10.2 Å². The summed E-state index contributed by atoms with van der Waals surface area (Å²) in [6.45, 7) is 4.80. The van der Waals surface area contributed by atoms with Crippen LogP contribution in [0.3, 0.4) is 0 Å². The predicted molar refractivity (Wildman–Crippen MR) is 109 cm³/mol. The Morgan fingerprint density at radius 1 is 1.31 bits per heavy atom. The van der Waals surface area contributed by atoms with Crippen molar-refractivity contribution in [1.29, 1.82) is 5.26 Å². The van der Waals surface area contributed by atoms with Crippen LogP contribution in [0, 0.1) is 21.8 Å². The molecule has 2 rings (SSSR count). The Bertz CT molecular complexity index is 885. The highest BCUT2D eigenvalue weighted by Gasteiger charge is 2.13. The van der Waals surface area contributed by atoms with E-state index in [1.807, 2.05) is 44.2 Å². The number of nitrogens with zero attached hydrogens (tertiary/aromatic N) is 1. The van der Waals surface area contributed by atoms with Crippen molar-refractivity contribution in [3.63, 3.8) is 0 Å². The van der Waals surface area contributed by atoms with E-state index in [0.717, 1.165) is 14.7 Å². The van der Waals surface area contributed by atoms with E-state index < -0.39 is 5.91 Å². The molecule has 0 aliphatic carbocycles. The van der Waals surface area contributed by atoms with Gasteiger partial charge in [-0.2, -0.15) is 5.26 Å². The summed E-state index contributed by atoms with van der Waals surface area (Å²) < 4.78 is 12.5. The third-order valence-electron chi connectivity index (χ3n) is 3.66. The van der Waals surface area contributed by atoms with E-state index in [9.17, 15) is 4.79 Å². The summed E-state index contributed by atoms with van der Waals surface area (Å²) in [6.07, 6.45) is 1.44. The molecule has 2 N–H and O–H groups in total. The fraction of sp³-hybridized carbons (Fsp3) is 0.200. The number of hydrogen-bond acceptors (Lipinski definition) is 4. The zero-order valence-electron chi connectivity index (χ0n) is 14.6. The number of rotatable bonds is 7. The predicted octanol–water partition coefficient (Wildman–Crippen LogP) is 3.97. The molecule has 5 nitrogen and oxygen atoms in total. The minimum absolute atomic E-state index is 0.114. The normalized spacial score (nSPS) is 10.9. The monoisotopic (exact) mass is 462 g/mol. The maximum atomic E-state index is 11.3. The Labute approximate surface area is 166 Å². The van der Waals surface area contributed by atoms with Gasteiger partial charge in [-0.1, -0.05) is 24.3 Å². The quantitative estimate of drug-likeness (QED) is 0.384. The number of halogens is 1. The summed E-state index contributed by atoms with van der Waals surface area (Å²) >= 11 is 2.15. The molecule has 26 heavy (non-hydrogen) atoms. The molecule has 2 aromatic rings. The van der Waals surface area contributed by atoms with Crippen LogP contribution in [0.15, 0.2) is 42.0 Å². The molecule has 6 heteroatoms. The molecular weight excluding hydrogens is 443 g/mol. The average Bonchev–Trinajstić information content (AvgIpc) is 2.60. The summed E-state index contributed by atoms with van der Waals surface area (Å²) in [4.78, 5) is 11.3. The lowest BCUT2D eigenvalue weighted by atomic mass is 10.1. The lowest BCUT2D eigenvalue weighted by Crippen LogP contribution is -2.12. The highest BCUT2D eigenvalue weighted by atomic mass is 127. The third kappa shape index (κ3) is 4.99. The van der Waals surface area contributed by atoms with Gasteiger partial charge in [-0.15, -0.1) is 0 Å². The van der Waals surface area contributed by atoms with Crippen molar-refractivity contribution in [1.82, 2.24) is 0 Å². The maximum Gasteiger partial charge on any atom is 0.259 e. The zero-order chi connectivity index (χ0) is 19.1. The number of hydrogen-bond donors (Lipinski definition) is 1. The number of carbonyl (C=O) groups excluding carboxylic acids is 1. The van der Waals surface area contributed by atoms with Crippen LogP contribution in [0.4, 0.5) is 0 Å². The number of amides is 1. The molecule has 0 saturated carbocycles. The van der Waals surface area contributed by atoms with Crippen molar-refractivity contribution in [3.8, 4) is 17.6 Å². The van der Waals surface area contributed by atoms with Gasteiger partial charge in [-0.25, -0.2) is 0 Å². The number of nitrogens with two attached hydrogens (primary N) is 1. The molecule has 0 aliphatic heterocycles. The molecule has 0 bridgehead atoms. The van der Waals surface area contributed by atoms with E-state index in [4.69, 9.17) is 20.5 Å². The van der Waals surface area contributed by atoms with Gasteiger partial charge in [0.25, 0.3) is 5.91 Å². The second-order valence-corrected chi connectivity index (χ2v) is 6.67. The summed E-state index contributed by atoms with van der Waals surface area (Å²) in [6, 6.07) is 13.4. The molecule has 0 aliphatic rings. The van der Waals surface area contributed by atoms with Crippen LogP contribution in [0.25, 0.3) is 6.08 Å². The zero-order valence-corrected chi connectivity index (χ0v) is 16.7. The third-order valence-corrected chi connectivity index (χ3v) is 4.46. The molecule has 0 saturated heterocycles. The van der Waals surface area contributed by atoms with Gasteiger partial charge >= 0.3 is 0 Å². The number of aryl methyl sites for hydroxylation is 1. The molecule has 134 valence electrons. The van der Waals surface area contributed by atoms with Crippen LogP contribution < -0.4 is 15.2 Å². The fourth-order valence-electron chi connectivity index (χ4n) is 2.32. The Morgan fingerprint density at radius 2 is 2.04 bits per heavy atom. The molecule has 0 fully saturated rings. The lowest BCUT2D eigenvalue weighted by Gasteiger charge is -2.15. The van der Waals surface area contributed by atoms with Gasteiger partial charge < -0.3 is 15.2 Å². The minimum Gasteiger partial charge on any atom is -0.490 e. The smallest absolute Gasteiger partial charge is 0.259 e. The van der Waals surface area contributed by atoms with E-state index >= 15 is 0 Å². The van der Waals surface area contributed by atoms with E-state index in [2.05, 4.69) is 22.6 Å². The second kappa shape index (κ2) is 9.25. The average molecular weight is 462 g/mol. The maximum absolute atomic E-state index is 11.3. The standard InChI is InChI=1S/C20H19IN2O3/c1-3-25-18-10-14(8-16(11-22)20(23)24)9-17(21)19(18)26-12-15-7-5-4-6-13(15)2/h4-10H,3,12H2,1-2H3,(H2,23,24). The first-order valence-electron chi connectivity index (χ1n) is 8.01. The summed E-state index contributed by atoms with van der Waals surface area (Å²) in [5.41, 5.74) is 7.98. The van der Waals surface area contributed by atoms with Crippen molar-refractivity contribution in [3.05, 3.63) is 62.2 Å². The van der Waals surface area contributed by atoms with Gasteiger partial charge in [0.15, 0.2) is 11.5 Å². The number of benzene rings is 2. The fourth-order valence-corrected chi connectivity index (χ4v) is 3.10. The second-order valence-electron chi connectivity index (χ2n) is 5.51. The number of carbonyl (C=O) groups is 1. The molecule has 0 atom stereocenters. The van der Waals surface area contributed by atoms with Crippen molar-refractivity contribution >= 4 is 34.6 Å². The van der Waals surface area contributed by atoms with Gasteiger partial charge in [-0.05, 0) is 71.3 Å². The largest absolute Gasteiger partial charge is 0.490 e.